The van der Waals surface area contributed by atoms with Gasteiger partial charge in [0.15, 0.2) is 0 Å². The molecule has 2 heterocycles. The van der Waals surface area contributed by atoms with Gasteiger partial charge < -0.3 is 10.3 Å². The fourth-order valence-corrected chi connectivity index (χ4v) is 5.70. The maximum absolute atomic E-state index is 12.7. The van der Waals surface area contributed by atoms with E-state index in [0.717, 1.165) is 17.6 Å². The summed E-state index contributed by atoms with van der Waals surface area (Å²) in [7, 11) is -3.49. The first-order valence-corrected chi connectivity index (χ1v) is 11.8. The van der Waals surface area contributed by atoms with Crippen LogP contribution in [-0.4, -0.2) is 43.2 Å². The molecule has 6 nitrogen and oxygen atoms in total. The molecule has 1 aliphatic rings. The zero-order valence-electron chi connectivity index (χ0n) is 17.1. The number of aromatic nitrogens is 1. The Morgan fingerprint density at radius 3 is 2.47 bits per heavy atom. The molecule has 2 N–H and O–H groups in total. The van der Waals surface area contributed by atoms with Gasteiger partial charge in [-0.2, -0.15) is 4.31 Å². The van der Waals surface area contributed by atoms with Gasteiger partial charge in [0, 0.05) is 42.1 Å². The minimum Gasteiger partial charge on any atom is -0.358 e. The molecule has 1 aromatic heterocycles. The largest absolute Gasteiger partial charge is 0.358 e. The van der Waals surface area contributed by atoms with Crippen LogP contribution >= 0.6 is 0 Å². The van der Waals surface area contributed by atoms with Gasteiger partial charge in [-0.25, -0.2) is 8.42 Å². The molecule has 0 aliphatic carbocycles. The number of hydrogen-bond acceptors (Lipinski definition) is 3. The minimum atomic E-state index is -3.49. The van der Waals surface area contributed by atoms with Crippen molar-refractivity contribution in [1.29, 1.82) is 0 Å². The normalized spacial score (nSPS) is 16.0. The number of fused-ring (bicyclic) bond motifs is 1. The number of amides is 1. The third-order valence-electron chi connectivity index (χ3n) is 5.91. The summed E-state index contributed by atoms with van der Waals surface area (Å²) in [5, 5.41) is 4.24. The first-order chi connectivity index (χ1) is 14.5. The molecule has 0 radical (unpaired) electrons. The zero-order chi connectivity index (χ0) is 21.1. The van der Waals surface area contributed by atoms with Gasteiger partial charge in [-0.1, -0.05) is 36.4 Å². The molecular weight excluding hydrogens is 398 g/mol. The van der Waals surface area contributed by atoms with Crippen LogP contribution in [-0.2, 0) is 21.2 Å². The van der Waals surface area contributed by atoms with E-state index in [9.17, 15) is 13.2 Å². The molecule has 0 atom stereocenters. The van der Waals surface area contributed by atoms with Crippen LogP contribution < -0.4 is 5.32 Å². The fourth-order valence-electron chi connectivity index (χ4n) is 4.21. The molecule has 0 spiro atoms. The number of hydrogen-bond donors (Lipinski definition) is 2. The number of aromatic amines is 1. The SMILES string of the molecule is Cc1[nH]c2ccccc2c1CCNC(=O)C1CCN(S(=O)(=O)c2ccccc2)CC1. The molecule has 30 heavy (non-hydrogen) atoms. The number of benzene rings is 2. The van der Waals surface area contributed by atoms with Gasteiger partial charge in [0.1, 0.15) is 0 Å². The lowest BCUT2D eigenvalue weighted by Gasteiger charge is -2.30. The standard InChI is InChI=1S/C23H27N3O3S/c1-17-20(21-9-5-6-10-22(21)25-17)11-14-24-23(27)18-12-15-26(16-13-18)30(28,29)19-7-3-2-4-8-19/h2-10,18,25H,11-16H2,1H3,(H,24,27). The fraction of sp³-hybridized carbons (Fsp3) is 0.348. The lowest BCUT2D eigenvalue weighted by atomic mass is 9.97. The van der Waals surface area contributed by atoms with Gasteiger partial charge in [-0.3, -0.25) is 4.79 Å². The molecule has 158 valence electrons. The summed E-state index contributed by atoms with van der Waals surface area (Å²) in [4.78, 5) is 16.3. The van der Waals surface area contributed by atoms with Crippen LogP contribution in [0, 0.1) is 12.8 Å². The molecular formula is C23H27N3O3S. The number of aryl methyl sites for hydroxylation is 1. The second-order valence-electron chi connectivity index (χ2n) is 7.81. The van der Waals surface area contributed by atoms with E-state index in [1.807, 2.05) is 12.1 Å². The Kier molecular flexibility index (Phi) is 5.92. The van der Waals surface area contributed by atoms with E-state index >= 15 is 0 Å². The van der Waals surface area contributed by atoms with Crippen LogP contribution in [0.4, 0.5) is 0 Å². The van der Waals surface area contributed by atoms with Crippen molar-refractivity contribution in [2.75, 3.05) is 19.6 Å². The van der Waals surface area contributed by atoms with Crippen molar-refractivity contribution in [1.82, 2.24) is 14.6 Å². The van der Waals surface area contributed by atoms with Gasteiger partial charge in [0.25, 0.3) is 0 Å². The third-order valence-corrected chi connectivity index (χ3v) is 7.82. The molecule has 1 aliphatic heterocycles. The lowest BCUT2D eigenvalue weighted by Crippen LogP contribution is -2.43. The van der Waals surface area contributed by atoms with E-state index in [1.54, 1.807) is 30.3 Å². The van der Waals surface area contributed by atoms with Crippen LogP contribution in [0.5, 0.6) is 0 Å². The summed E-state index contributed by atoms with van der Waals surface area (Å²) in [6.45, 7) is 3.37. The summed E-state index contributed by atoms with van der Waals surface area (Å²) >= 11 is 0. The van der Waals surface area contributed by atoms with Crippen LogP contribution in [0.2, 0.25) is 0 Å². The Hall–Kier alpha value is -2.64. The quantitative estimate of drug-likeness (QED) is 0.636. The highest BCUT2D eigenvalue weighted by atomic mass is 32.2. The molecule has 0 saturated carbocycles. The Bertz CT molecular complexity index is 1130. The topological polar surface area (TPSA) is 82.3 Å². The molecule has 2 aromatic carbocycles. The van der Waals surface area contributed by atoms with Crippen molar-refractivity contribution in [3.05, 3.63) is 65.9 Å². The molecule has 3 aromatic rings. The summed E-state index contributed by atoms with van der Waals surface area (Å²) in [5.74, 6) is -0.124. The predicted octanol–water partition coefficient (Wildman–Crippen LogP) is 3.24. The number of nitrogens with zero attached hydrogens (tertiary/aromatic N) is 1. The Morgan fingerprint density at radius 2 is 1.73 bits per heavy atom. The van der Waals surface area contributed by atoms with E-state index in [0.29, 0.717) is 37.4 Å². The number of carbonyl (C=O) groups excluding carboxylic acids is 1. The highest BCUT2D eigenvalue weighted by Crippen LogP contribution is 2.24. The number of sulfonamides is 1. The van der Waals surface area contributed by atoms with Crippen LogP contribution in [0.25, 0.3) is 10.9 Å². The second-order valence-corrected chi connectivity index (χ2v) is 9.74. The van der Waals surface area contributed by atoms with Crippen molar-refractivity contribution in [3.63, 3.8) is 0 Å². The first kappa shape index (κ1) is 20.6. The van der Waals surface area contributed by atoms with E-state index in [1.165, 1.54) is 15.3 Å². The van der Waals surface area contributed by atoms with Gasteiger partial charge in [-0.15, -0.1) is 0 Å². The zero-order valence-corrected chi connectivity index (χ0v) is 17.9. The second kappa shape index (κ2) is 8.62. The molecule has 0 unspecified atom stereocenters. The number of nitrogens with one attached hydrogen (secondary N) is 2. The Labute approximate surface area is 177 Å². The van der Waals surface area contributed by atoms with Gasteiger partial charge in [0.05, 0.1) is 4.90 Å². The van der Waals surface area contributed by atoms with Crippen molar-refractivity contribution in [2.24, 2.45) is 5.92 Å². The van der Waals surface area contributed by atoms with Gasteiger partial charge >= 0.3 is 0 Å². The summed E-state index contributed by atoms with van der Waals surface area (Å²) in [6.07, 6.45) is 1.86. The summed E-state index contributed by atoms with van der Waals surface area (Å²) in [6, 6.07) is 16.7. The maximum atomic E-state index is 12.7. The minimum absolute atomic E-state index is 0.0178. The van der Waals surface area contributed by atoms with E-state index in [2.05, 4.69) is 29.4 Å². The molecule has 7 heteroatoms. The predicted molar refractivity (Wildman–Crippen MR) is 118 cm³/mol. The Balaban J connectivity index is 1.30. The van der Waals surface area contributed by atoms with E-state index in [4.69, 9.17) is 0 Å². The number of H-pyrrole nitrogens is 1. The van der Waals surface area contributed by atoms with E-state index < -0.39 is 10.0 Å². The van der Waals surface area contributed by atoms with Crippen LogP contribution in [0.15, 0.2) is 59.5 Å². The molecule has 1 saturated heterocycles. The summed E-state index contributed by atoms with van der Waals surface area (Å²) in [5.41, 5.74) is 3.47. The van der Waals surface area contributed by atoms with Gasteiger partial charge in [0.2, 0.25) is 15.9 Å². The highest BCUT2D eigenvalue weighted by Gasteiger charge is 2.31. The molecule has 1 amide bonds. The number of para-hydroxylation sites is 1. The number of piperidine rings is 1. The van der Waals surface area contributed by atoms with Crippen LogP contribution in [0.1, 0.15) is 24.1 Å². The number of carbonyl (C=O) groups is 1. The van der Waals surface area contributed by atoms with Crippen molar-refractivity contribution < 1.29 is 13.2 Å². The highest BCUT2D eigenvalue weighted by molar-refractivity contribution is 7.89. The lowest BCUT2D eigenvalue weighted by molar-refractivity contribution is -0.126. The van der Waals surface area contributed by atoms with Crippen molar-refractivity contribution >= 4 is 26.8 Å². The third kappa shape index (κ3) is 4.13. The average molecular weight is 426 g/mol. The monoisotopic (exact) mass is 425 g/mol. The average Bonchev–Trinajstić information content (AvgIpc) is 3.09. The van der Waals surface area contributed by atoms with E-state index in [-0.39, 0.29) is 11.8 Å². The molecule has 4 rings (SSSR count). The molecule has 0 bridgehead atoms. The Morgan fingerprint density at radius 1 is 1.07 bits per heavy atom. The van der Waals surface area contributed by atoms with Crippen molar-refractivity contribution in [3.8, 4) is 0 Å². The number of rotatable bonds is 6. The van der Waals surface area contributed by atoms with Crippen LogP contribution in [0.3, 0.4) is 0 Å². The summed E-state index contributed by atoms with van der Waals surface area (Å²) < 4.78 is 26.9. The smallest absolute Gasteiger partial charge is 0.243 e. The van der Waals surface area contributed by atoms with Gasteiger partial charge in [-0.05, 0) is 49.9 Å². The first-order valence-electron chi connectivity index (χ1n) is 10.4. The molecule has 1 fully saturated rings. The maximum Gasteiger partial charge on any atom is 0.243 e. The van der Waals surface area contributed by atoms with Crippen molar-refractivity contribution in [2.45, 2.75) is 31.1 Å².